The van der Waals surface area contributed by atoms with Crippen molar-refractivity contribution in [3.63, 3.8) is 0 Å². The van der Waals surface area contributed by atoms with Crippen molar-refractivity contribution in [2.24, 2.45) is 0 Å². The monoisotopic (exact) mass is 353 g/mol. The van der Waals surface area contributed by atoms with Crippen LogP contribution in [0.5, 0.6) is 0 Å². The number of anilines is 1. The Labute approximate surface area is 148 Å². The van der Waals surface area contributed by atoms with Gasteiger partial charge in [-0.1, -0.05) is 12.1 Å². The molecule has 3 aromatic rings. The van der Waals surface area contributed by atoms with Gasteiger partial charge < -0.3 is 5.32 Å². The van der Waals surface area contributed by atoms with Gasteiger partial charge in [-0.2, -0.15) is 5.26 Å². The number of aromatic nitrogens is 1. The maximum atomic E-state index is 12.2. The van der Waals surface area contributed by atoms with Gasteiger partial charge in [-0.15, -0.1) is 22.7 Å². The summed E-state index contributed by atoms with van der Waals surface area (Å²) in [6.45, 7) is 1.98. The second-order valence-electron chi connectivity index (χ2n) is 5.22. The third-order valence-corrected chi connectivity index (χ3v) is 5.32. The number of rotatable bonds is 5. The lowest BCUT2D eigenvalue weighted by atomic mass is 10.2. The number of carbonyl (C=O) groups excluding carboxylic acids is 1. The first-order chi connectivity index (χ1) is 11.7. The summed E-state index contributed by atoms with van der Waals surface area (Å²) in [6, 6.07) is 13.1. The molecule has 0 aliphatic carbocycles. The zero-order chi connectivity index (χ0) is 16.9. The van der Waals surface area contributed by atoms with Crippen LogP contribution in [-0.2, 0) is 11.2 Å². The average molecular weight is 353 g/mol. The van der Waals surface area contributed by atoms with E-state index in [1.54, 1.807) is 46.9 Å². The van der Waals surface area contributed by atoms with E-state index in [4.69, 9.17) is 5.26 Å². The molecule has 0 bridgehead atoms. The third kappa shape index (κ3) is 3.88. The van der Waals surface area contributed by atoms with E-state index in [2.05, 4.69) is 22.4 Å². The molecule has 1 N–H and O–H groups in total. The topological polar surface area (TPSA) is 65.8 Å². The highest BCUT2D eigenvalue weighted by Gasteiger charge is 2.13. The van der Waals surface area contributed by atoms with Crippen molar-refractivity contribution >= 4 is 34.3 Å². The summed E-state index contributed by atoms with van der Waals surface area (Å²) in [7, 11) is 0. The maximum Gasteiger partial charge on any atom is 0.224 e. The number of thiazole rings is 1. The van der Waals surface area contributed by atoms with Crippen molar-refractivity contribution in [1.29, 1.82) is 5.26 Å². The number of thiophene rings is 1. The Hall–Kier alpha value is -2.49. The first-order valence-corrected chi connectivity index (χ1v) is 9.15. The number of nitrogens with one attached hydrogen (secondary N) is 1. The fourth-order valence-corrected chi connectivity index (χ4v) is 4.12. The van der Waals surface area contributed by atoms with Crippen LogP contribution in [0.2, 0.25) is 0 Å². The van der Waals surface area contributed by atoms with Gasteiger partial charge in [0.25, 0.3) is 0 Å². The van der Waals surface area contributed by atoms with E-state index in [0.717, 1.165) is 20.5 Å². The number of carbonyl (C=O) groups is 1. The molecule has 6 heteroatoms. The molecule has 0 radical (unpaired) electrons. The minimum Gasteiger partial charge on any atom is -0.326 e. The largest absolute Gasteiger partial charge is 0.326 e. The first kappa shape index (κ1) is 16.4. The van der Waals surface area contributed by atoms with Gasteiger partial charge in [0.2, 0.25) is 5.91 Å². The summed E-state index contributed by atoms with van der Waals surface area (Å²) in [5, 5.41) is 14.8. The summed E-state index contributed by atoms with van der Waals surface area (Å²) in [5.41, 5.74) is 2.18. The number of benzene rings is 1. The quantitative estimate of drug-likeness (QED) is 0.727. The summed E-state index contributed by atoms with van der Waals surface area (Å²) in [4.78, 5) is 19.1. The number of hydrogen-bond donors (Lipinski definition) is 1. The molecule has 24 heavy (non-hydrogen) atoms. The smallest absolute Gasteiger partial charge is 0.224 e. The summed E-state index contributed by atoms with van der Waals surface area (Å²) < 4.78 is 0. The van der Waals surface area contributed by atoms with Crippen LogP contribution in [-0.4, -0.2) is 10.9 Å². The lowest BCUT2D eigenvalue weighted by molar-refractivity contribution is -0.116. The van der Waals surface area contributed by atoms with Crippen molar-refractivity contribution < 1.29 is 4.79 Å². The SMILES string of the molecule is Cc1nc(-c2cccs2)c(CCC(=O)Nc2cccc(C#N)c2)s1. The Bertz CT molecular complexity index is 891. The molecule has 0 atom stereocenters. The van der Waals surface area contributed by atoms with Crippen LogP contribution in [0.4, 0.5) is 5.69 Å². The van der Waals surface area contributed by atoms with E-state index in [9.17, 15) is 4.79 Å². The highest BCUT2D eigenvalue weighted by atomic mass is 32.1. The highest BCUT2D eigenvalue weighted by Crippen LogP contribution is 2.32. The van der Waals surface area contributed by atoms with Crippen LogP contribution in [0.15, 0.2) is 41.8 Å². The Morgan fingerprint density at radius 2 is 2.21 bits per heavy atom. The second kappa shape index (κ2) is 7.39. The average Bonchev–Trinajstić information content (AvgIpc) is 3.22. The van der Waals surface area contributed by atoms with Gasteiger partial charge in [-0.05, 0) is 43.0 Å². The molecule has 0 saturated carbocycles. The number of hydrogen-bond acceptors (Lipinski definition) is 5. The minimum absolute atomic E-state index is 0.0618. The number of nitriles is 1. The standard InChI is InChI=1S/C18H15N3OS2/c1-12-20-18(15-6-3-9-23-15)16(24-12)7-8-17(22)21-14-5-2-4-13(10-14)11-19/h2-6,9-10H,7-8H2,1H3,(H,21,22). The lowest BCUT2D eigenvalue weighted by Gasteiger charge is -2.05. The van der Waals surface area contributed by atoms with Crippen LogP contribution in [0.25, 0.3) is 10.6 Å². The van der Waals surface area contributed by atoms with Crippen LogP contribution < -0.4 is 5.32 Å². The fourth-order valence-electron chi connectivity index (χ4n) is 2.36. The van der Waals surface area contributed by atoms with Gasteiger partial charge in [-0.25, -0.2) is 4.98 Å². The molecule has 0 saturated heterocycles. The Balaban J connectivity index is 1.66. The first-order valence-electron chi connectivity index (χ1n) is 7.46. The predicted molar refractivity (Wildman–Crippen MR) is 98.3 cm³/mol. The molecule has 2 heterocycles. The second-order valence-corrected chi connectivity index (χ2v) is 7.46. The van der Waals surface area contributed by atoms with Crippen molar-refractivity contribution in [3.05, 3.63) is 57.2 Å². The molecule has 1 amide bonds. The Kier molecular flexibility index (Phi) is 5.04. The van der Waals surface area contributed by atoms with Crippen molar-refractivity contribution in [1.82, 2.24) is 4.98 Å². The Morgan fingerprint density at radius 1 is 1.33 bits per heavy atom. The molecule has 0 aliphatic rings. The van der Waals surface area contributed by atoms with E-state index in [1.165, 1.54) is 0 Å². The molecule has 0 spiro atoms. The minimum atomic E-state index is -0.0618. The van der Waals surface area contributed by atoms with E-state index in [-0.39, 0.29) is 5.91 Å². The van der Waals surface area contributed by atoms with Gasteiger partial charge in [0.1, 0.15) is 0 Å². The van der Waals surface area contributed by atoms with Crippen molar-refractivity contribution in [2.45, 2.75) is 19.8 Å². The summed E-state index contributed by atoms with van der Waals surface area (Å²) in [6.07, 6.45) is 1.04. The van der Waals surface area contributed by atoms with E-state index < -0.39 is 0 Å². The van der Waals surface area contributed by atoms with Gasteiger partial charge in [0.05, 0.1) is 27.2 Å². The van der Waals surface area contributed by atoms with Gasteiger partial charge in [0, 0.05) is 17.0 Å². The van der Waals surface area contributed by atoms with E-state index in [0.29, 0.717) is 24.1 Å². The normalized spacial score (nSPS) is 10.3. The molecule has 120 valence electrons. The Morgan fingerprint density at radius 3 is 2.96 bits per heavy atom. The van der Waals surface area contributed by atoms with Crippen molar-refractivity contribution in [3.8, 4) is 16.6 Å². The van der Waals surface area contributed by atoms with Gasteiger partial charge in [0.15, 0.2) is 0 Å². The third-order valence-electron chi connectivity index (χ3n) is 3.41. The molecular formula is C18H15N3OS2. The van der Waals surface area contributed by atoms with Crippen molar-refractivity contribution in [2.75, 3.05) is 5.32 Å². The molecule has 2 aromatic heterocycles. The number of nitrogens with zero attached hydrogens (tertiary/aromatic N) is 2. The fraction of sp³-hybridized carbons (Fsp3) is 0.167. The van der Waals surface area contributed by atoms with Crippen LogP contribution in [0.3, 0.4) is 0 Å². The number of amides is 1. The van der Waals surface area contributed by atoms with E-state index in [1.807, 2.05) is 18.4 Å². The lowest BCUT2D eigenvalue weighted by Crippen LogP contribution is -2.12. The molecular weight excluding hydrogens is 338 g/mol. The molecule has 1 aromatic carbocycles. The molecule has 3 rings (SSSR count). The molecule has 0 unspecified atom stereocenters. The van der Waals surface area contributed by atoms with Gasteiger partial charge >= 0.3 is 0 Å². The van der Waals surface area contributed by atoms with Crippen LogP contribution in [0, 0.1) is 18.3 Å². The zero-order valence-corrected chi connectivity index (χ0v) is 14.7. The summed E-state index contributed by atoms with van der Waals surface area (Å²) in [5.74, 6) is -0.0618. The van der Waals surface area contributed by atoms with Crippen LogP contribution in [0.1, 0.15) is 21.9 Å². The van der Waals surface area contributed by atoms with Gasteiger partial charge in [-0.3, -0.25) is 4.79 Å². The molecule has 4 nitrogen and oxygen atoms in total. The zero-order valence-electron chi connectivity index (χ0n) is 13.1. The predicted octanol–water partition coefficient (Wildman–Crippen LogP) is 4.62. The number of aryl methyl sites for hydroxylation is 2. The molecule has 0 fully saturated rings. The van der Waals surface area contributed by atoms with E-state index >= 15 is 0 Å². The highest BCUT2D eigenvalue weighted by molar-refractivity contribution is 7.15. The van der Waals surface area contributed by atoms with Crippen LogP contribution >= 0.6 is 22.7 Å². The maximum absolute atomic E-state index is 12.2. The molecule has 0 aliphatic heterocycles. The summed E-state index contributed by atoms with van der Waals surface area (Å²) >= 11 is 3.30.